The molecule has 0 atom stereocenters. The molecule has 0 saturated carbocycles. The minimum absolute atomic E-state index is 0.169. The first-order valence-corrected chi connectivity index (χ1v) is 7.28. The minimum Gasteiger partial charge on any atom is -0.380 e. The molecular formula is C15H13N3O2S. The summed E-state index contributed by atoms with van der Waals surface area (Å²) in [6.07, 6.45) is 1.78. The zero-order valence-corrected chi connectivity index (χ0v) is 12.2. The minimum atomic E-state index is -0.362. The van der Waals surface area contributed by atoms with Crippen LogP contribution in [-0.4, -0.2) is 9.91 Å². The van der Waals surface area contributed by atoms with Crippen molar-refractivity contribution < 1.29 is 4.92 Å². The van der Waals surface area contributed by atoms with Crippen molar-refractivity contribution in [2.45, 2.75) is 13.5 Å². The fraction of sp³-hybridized carbons (Fsp3) is 0.133. The van der Waals surface area contributed by atoms with Crippen molar-refractivity contribution in [2.75, 3.05) is 5.32 Å². The van der Waals surface area contributed by atoms with E-state index in [2.05, 4.69) is 10.3 Å². The van der Waals surface area contributed by atoms with Crippen LogP contribution in [-0.2, 0) is 6.54 Å². The van der Waals surface area contributed by atoms with Gasteiger partial charge in [0.25, 0.3) is 0 Å². The van der Waals surface area contributed by atoms with E-state index >= 15 is 0 Å². The Morgan fingerprint density at radius 3 is 2.90 bits per heavy atom. The third kappa shape index (κ3) is 2.71. The Morgan fingerprint density at radius 2 is 2.14 bits per heavy atom. The quantitative estimate of drug-likeness (QED) is 0.581. The van der Waals surface area contributed by atoms with Crippen LogP contribution in [0.15, 0.2) is 42.6 Å². The van der Waals surface area contributed by atoms with Crippen molar-refractivity contribution in [1.29, 1.82) is 0 Å². The Bertz CT molecular complexity index is 814. The highest BCUT2D eigenvalue weighted by molar-refractivity contribution is 7.15. The number of hydrogen-bond acceptors (Lipinski definition) is 5. The predicted octanol–water partition coefficient (Wildman–Crippen LogP) is 4.13. The highest BCUT2D eigenvalue weighted by atomic mass is 32.1. The fourth-order valence-electron chi connectivity index (χ4n) is 2.21. The number of hydrogen-bond donors (Lipinski definition) is 1. The van der Waals surface area contributed by atoms with Crippen molar-refractivity contribution in [1.82, 2.24) is 4.98 Å². The third-order valence-electron chi connectivity index (χ3n) is 3.25. The van der Waals surface area contributed by atoms with E-state index in [-0.39, 0.29) is 9.92 Å². The number of nitrogens with one attached hydrogen (secondary N) is 1. The van der Waals surface area contributed by atoms with Gasteiger partial charge < -0.3 is 5.32 Å². The molecule has 0 aliphatic carbocycles. The van der Waals surface area contributed by atoms with Crippen molar-refractivity contribution in [3.63, 3.8) is 0 Å². The molecule has 0 radical (unpaired) electrons. The summed E-state index contributed by atoms with van der Waals surface area (Å²) in [5.74, 6) is 0. The predicted molar refractivity (Wildman–Crippen MR) is 84.8 cm³/mol. The van der Waals surface area contributed by atoms with Crippen LogP contribution in [0.2, 0.25) is 0 Å². The third-order valence-corrected chi connectivity index (χ3v) is 4.29. The van der Waals surface area contributed by atoms with Crippen molar-refractivity contribution >= 4 is 32.9 Å². The molecule has 3 aromatic rings. The van der Waals surface area contributed by atoms with E-state index in [0.717, 1.165) is 27.0 Å². The van der Waals surface area contributed by atoms with Crippen LogP contribution < -0.4 is 5.32 Å². The molecule has 0 spiro atoms. The van der Waals surface area contributed by atoms with Gasteiger partial charge in [-0.1, -0.05) is 17.4 Å². The fourth-order valence-corrected chi connectivity index (χ4v) is 2.97. The Hall–Kier alpha value is -2.47. The van der Waals surface area contributed by atoms with Crippen LogP contribution in [0.25, 0.3) is 10.9 Å². The summed E-state index contributed by atoms with van der Waals surface area (Å²) < 4.78 is 0. The maximum Gasteiger partial charge on any atom is 0.324 e. The zero-order chi connectivity index (χ0) is 14.8. The van der Waals surface area contributed by atoms with E-state index in [4.69, 9.17) is 0 Å². The first kappa shape index (κ1) is 13.5. The second kappa shape index (κ2) is 5.49. The highest BCUT2D eigenvalue weighted by Gasteiger charge is 2.10. The maximum absolute atomic E-state index is 10.7. The SMILES string of the molecule is Cc1ccc(NCc2ccc([N+](=O)[O-])s2)c2cccnc12. The molecule has 0 saturated heterocycles. The van der Waals surface area contributed by atoms with E-state index in [0.29, 0.717) is 6.54 Å². The lowest BCUT2D eigenvalue weighted by Gasteiger charge is -2.10. The molecule has 2 heterocycles. The molecule has 2 aromatic heterocycles. The molecule has 0 unspecified atom stereocenters. The van der Waals surface area contributed by atoms with Gasteiger partial charge in [0.2, 0.25) is 0 Å². The van der Waals surface area contributed by atoms with Gasteiger partial charge >= 0.3 is 5.00 Å². The lowest BCUT2D eigenvalue weighted by molar-refractivity contribution is -0.380. The summed E-state index contributed by atoms with van der Waals surface area (Å²) in [6, 6.07) is 11.3. The lowest BCUT2D eigenvalue weighted by atomic mass is 10.1. The van der Waals surface area contributed by atoms with Gasteiger partial charge in [-0.05, 0) is 36.8 Å². The molecule has 3 rings (SSSR count). The number of benzene rings is 1. The highest BCUT2D eigenvalue weighted by Crippen LogP contribution is 2.27. The first-order chi connectivity index (χ1) is 10.1. The number of aryl methyl sites for hydroxylation is 1. The number of nitro groups is 1. The molecule has 0 amide bonds. The van der Waals surface area contributed by atoms with Gasteiger partial charge in [0.15, 0.2) is 0 Å². The summed E-state index contributed by atoms with van der Waals surface area (Å²) in [6.45, 7) is 2.59. The van der Waals surface area contributed by atoms with Gasteiger partial charge in [-0.2, -0.15) is 0 Å². The summed E-state index contributed by atoms with van der Waals surface area (Å²) in [5.41, 5.74) is 3.09. The number of thiophene rings is 1. The van der Waals surface area contributed by atoms with Crippen molar-refractivity contribution in [2.24, 2.45) is 0 Å². The van der Waals surface area contributed by atoms with Gasteiger partial charge in [0.05, 0.1) is 10.4 Å². The van der Waals surface area contributed by atoms with Gasteiger partial charge in [0, 0.05) is 34.8 Å². The second-order valence-corrected chi connectivity index (χ2v) is 5.83. The Kier molecular flexibility index (Phi) is 3.53. The normalized spacial score (nSPS) is 10.7. The van der Waals surface area contributed by atoms with E-state index in [1.165, 1.54) is 17.4 Å². The first-order valence-electron chi connectivity index (χ1n) is 6.46. The van der Waals surface area contributed by atoms with Gasteiger partial charge in [-0.3, -0.25) is 15.1 Å². The van der Waals surface area contributed by atoms with E-state index in [9.17, 15) is 10.1 Å². The summed E-state index contributed by atoms with van der Waals surface area (Å²) in [7, 11) is 0. The summed E-state index contributed by atoms with van der Waals surface area (Å²) >= 11 is 1.19. The zero-order valence-electron chi connectivity index (χ0n) is 11.4. The number of anilines is 1. The average Bonchev–Trinajstić information content (AvgIpc) is 2.96. The Balaban J connectivity index is 1.85. The molecule has 106 valence electrons. The van der Waals surface area contributed by atoms with Crippen molar-refractivity contribution in [3.8, 4) is 0 Å². The number of fused-ring (bicyclic) bond motifs is 1. The molecule has 1 N–H and O–H groups in total. The largest absolute Gasteiger partial charge is 0.380 e. The van der Waals surface area contributed by atoms with Crippen LogP contribution in [0.5, 0.6) is 0 Å². The van der Waals surface area contributed by atoms with Crippen molar-refractivity contribution in [3.05, 3.63) is 63.1 Å². The number of nitrogens with zero attached hydrogens (tertiary/aromatic N) is 2. The Labute approximate surface area is 125 Å². The molecule has 0 aliphatic rings. The topological polar surface area (TPSA) is 68.1 Å². The molecule has 0 fully saturated rings. The number of aromatic nitrogens is 1. The average molecular weight is 299 g/mol. The molecule has 0 bridgehead atoms. The number of rotatable bonds is 4. The van der Waals surface area contributed by atoms with Crippen LogP contribution in [0.3, 0.4) is 0 Å². The van der Waals surface area contributed by atoms with Gasteiger partial charge in [-0.25, -0.2) is 0 Å². The summed E-state index contributed by atoms with van der Waals surface area (Å²) in [4.78, 5) is 15.7. The lowest BCUT2D eigenvalue weighted by Crippen LogP contribution is -1.99. The van der Waals surface area contributed by atoms with Gasteiger partial charge in [0.1, 0.15) is 0 Å². The molecule has 1 aromatic carbocycles. The maximum atomic E-state index is 10.7. The summed E-state index contributed by atoms with van der Waals surface area (Å²) in [5, 5.41) is 15.2. The smallest absolute Gasteiger partial charge is 0.324 e. The molecule has 6 heteroatoms. The number of pyridine rings is 1. The molecular weight excluding hydrogens is 286 g/mol. The van der Waals surface area contributed by atoms with E-state index in [1.807, 2.05) is 31.2 Å². The second-order valence-electron chi connectivity index (χ2n) is 4.68. The van der Waals surface area contributed by atoms with E-state index < -0.39 is 0 Å². The van der Waals surface area contributed by atoms with Gasteiger partial charge in [-0.15, -0.1) is 0 Å². The van der Waals surface area contributed by atoms with Crippen LogP contribution >= 0.6 is 11.3 Å². The molecule has 21 heavy (non-hydrogen) atoms. The van der Waals surface area contributed by atoms with Crippen LogP contribution in [0.1, 0.15) is 10.4 Å². The van der Waals surface area contributed by atoms with Crippen LogP contribution in [0.4, 0.5) is 10.7 Å². The monoisotopic (exact) mass is 299 g/mol. The Morgan fingerprint density at radius 1 is 1.29 bits per heavy atom. The molecule has 0 aliphatic heterocycles. The van der Waals surface area contributed by atoms with E-state index in [1.54, 1.807) is 12.3 Å². The standard InChI is InChI=1S/C15H13N3O2S/c1-10-4-6-13(12-3-2-8-16-15(10)12)17-9-11-5-7-14(21-11)18(19)20/h2-8,17H,9H2,1H3. The van der Waals surface area contributed by atoms with Crippen LogP contribution in [0, 0.1) is 17.0 Å². The molecule has 5 nitrogen and oxygen atoms in total.